The molecule has 0 unspecified atom stereocenters. The summed E-state index contributed by atoms with van der Waals surface area (Å²) in [5.74, 6) is -1.79. The number of nitrogens with zero attached hydrogens (tertiary/aromatic N) is 7. The van der Waals surface area contributed by atoms with E-state index < -0.39 is 46.3 Å². The summed E-state index contributed by atoms with van der Waals surface area (Å²) in [7, 11) is 4.12. The van der Waals surface area contributed by atoms with Gasteiger partial charge in [-0.2, -0.15) is 5.26 Å². The number of ether oxygens (including phenoxy) is 1. The highest BCUT2D eigenvalue weighted by Gasteiger charge is 2.64. The SMILES string of the molecule is CN(C)C[C@H]1CN(c2ccc3c(c2)C(=O)N([C@H]2CCC(=O)NC2=O)C3=O)CCN1CC1CCN(c2ccc(C(=O)NC3C(C)(C)C(Oc4ccc(C#N)c5ncccc45)C3(C)C)cc2F)CC1. The van der Waals surface area contributed by atoms with Crippen molar-refractivity contribution in [1.29, 1.82) is 5.26 Å². The van der Waals surface area contributed by atoms with Crippen molar-refractivity contribution in [2.45, 2.75) is 77.6 Å². The number of nitrogens with one attached hydrogen (secondary N) is 2. The lowest BCUT2D eigenvalue weighted by atomic mass is 9.49. The Morgan fingerprint density at radius 2 is 1.67 bits per heavy atom. The Kier molecular flexibility index (Phi) is 12.0. The Hall–Kier alpha value is -6.44. The standard InChI is InChI=1S/C51H58FN9O6/c1-50(2)48(51(3,4)49(50)67-41-15-10-32(26-53)43-36(41)8-7-19-54-43)56-44(63)31-9-13-39(38(52)24-31)58-20-17-30(18-21-58)27-59-22-23-60(29-34(59)28-57(5)6)33-11-12-35-37(25-33)47(66)61(46(35)65)40-14-16-42(62)55-45(40)64/h7-13,15,19,24-25,30,34,40,48-49H,14,16-18,20-23,27-29H2,1-6H3,(H,56,63)(H,55,62,64)/t34-,40-,48?,49?/m0/s1. The highest BCUT2D eigenvalue weighted by atomic mass is 19.1. The van der Waals surface area contributed by atoms with Gasteiger partial charge in [0.05, 0.1) is 27.9 Å². The molecular formula is C51H58FN9O6. The van der Waals surface area contributed by atoms with Crippen LogP contribution in [-0.2, 0) is 9.59 Å². The smallest absolute Gasteiger partial charge is 0.262 e. The molecule has 2 N–H and O–H groups in total. The molecule has 15 nitrogen and oxygen atoms in total. The summed E-state index contributed by atoms with van der Waals surface area (Å²) in [6, 6.07) is 18.4. The highest BCUT2D eigenvalue weighted by Crippen LogP contribution is 2.56. The zero-order valence-electron chi connectivity index (χ0n) is 39.0. The fourth-order valence-electron chi connectivity index (χ4n) is 11.7. The summed E-state index contributed by atoms with van der Waals surface area (Å²) in [4.78, 5) is 79.4. The van der Waals surface area contributed by atoms with Crippen LogP contribution in [0.25, 0.3) is 10.9 Å². The first-order chi connectivity index (χ1) is 32.0. The van der Waals surface area contributed by atoms with Gasteiger partial charge >= 0.3 is 0 Å². The van der Waals surface area contributed by atoms with Gasteiger partial charge in [-0.05, 0) is 99.9 Å². The zero-order chi connectivity index (χ0) is 47.5. The Balaban J connectivity index is 0.791. The van der Waals surface area contributed by atoms with Crippen molar-refractivity contribution in [1.82, 2.24) is 30.3 Å². The van der Waals surface area contributed by atoms with E-state index >= 15 is 4.39 Å². The second-order valence-corrected chi connectivity index (χ2v) is 20.3. The number of carbonyl (C=O) groups is 5. The monoisotopic (exact) mass is 911 g/mol. The van der Waals surface area contributed by atoms with Crippen LogP contribution in [0.15, 0.2) is 66.9 Å². The van der Waals surface area contributed by atoms with Crippen molar-refractivity contribution in [3.05, 3.63) is 94.9 Å². The van der Waals surface area contributed by atoms with Crippen LogP contribution in [0.1, 0.15) is 90.0 Å². The number of fused-ring (bicyclic) bond motifs is 2. The highest BCUT2D eigenvalue weighted by molar-refractivity contribution is 6.23. The Morgan fingerprint density at radius 1 is 0.925 bits per heavy atom. The molecule has 5 aliphatic rings. The van der Waals surface area contributed by atoms with Gasteiger partial charge in [0.2, 0.25) is 11.8 Å². The van der Waals surface area contributed by atoms with E-state index in [2.05, 4.69) is 83.1 Å². The largest absolute Gasteiger partial charge is 0.488 e. The molecular weight excluding hydrogens is 854 g/mol. The number of piperazine rings is 1. The molecule has 5 amide bonds. The third-order valence-corrected chi connectivity index (χ3v) is 14.8. The summed E-state index contributed by atoms with van der Waals surface area (Å²) in [6.07, 6.45) is 3.35. The number of pyridine rings is 1. The van der Waals surface area contributed by atoms with Gasteiger partial charge in [0.1, 0.15) is 29.8 Å². The summed E-state index contributed by atoms with van der Waals surface area (Å²) in [5, 5.41) is 15.8. The lowest BCUT2D eigenvalue weighted by molar-refractivity contribution is -0.163. The van der Waals surface area contributed by atoms with Gasteiger partial charge in [-0.15, -0.1) is 0 Å². The number of carbonyl (C=O) groups excluding carboxylic acids is 5. The van der Waals surface area contributed by atoms with E-state index in [9.17, 15) is 29.2 Å². The number of amides is 5. The van der Waals surface area contributed by atoms with E-state index in [4.69, 9.17) is 4.74 Å². The first kappa shape index (κ1) is 45.7. The molecule has 4 aliphatic heterocycles. The fourth-order valence-corrected chi connectivity index (χ4v) is 11.7. The quantitative estimate of drug-likeness (QED) is 0.188. The van der Waals surface area contributed by atoms with Crippen LogP contribution in [-0.4, -0.2) is 133 Å². The lowest BCUT2D eigenvalue weighted by Crippen LogP contribution is -2.74. The van der Waals surface area contributed by atoms with E-state index in [-0.39, 0.29) is 53.6 Å². The van der Waals surface area contributed by atoms with Crippen molar-refractivity contribution in [3.63, 3.8) is 0 Å². The molecule has 4 fully saturated rings. The molecule has 350 valence electrons. The number of hydrogen-bond acceptors (Lipinski definition) is 12. The molecule has 1 aliphatic carbocycles. The molecule has 3 aromatic carbocycles. The number of nitriles is 1. The van der Waals surface area contributed by atoms with E-state index in [1.54, 1.807) is 42.6 Å². The van der Waals surface area contributed by atoms with E-state index in [1.165, 1.54) is 6.07 Å². The lowest BCUT2D eigenvalue weighted by Gasteiger charge is -2.63. The maximum atomic E-state index is 15.9. The Labute approximate surface area is 390 Å². The Bertz CT molecular complexity index is 2690. The number of imide groups is 2. The van der Waals surface area contributed by atoms with E-state index in [0.29, 0.717) is 41.5 Å². The first-order valence-corrected chi connectivity index (χ1v) is 23.3. The van der Waals surface area contributed by atoms with E-state index in [1.807, 2.05) is 18.2 Å². The van der Waals surface area contributed by atoms with Gasteiger partial charge in [-0.25, -0.2) is 4.39 Å². The number of rotatable bonds is 11. The minimum Gasteiger partial charge on any atom is -0.488 e. The number of benzene rings is 3. The normalized spacial score (nSPS) is 24.1. The molecule has 0 radical (unpaired) electrons. The Morgan fingerprint density at radius 3 is 2.37 bits per heavy atom. The zero-order valence-corrected chi connectivity index (χ0v) is 39.0. The number of halogens is 1. The second-order valence-electron chi connectivity index (χ2n) is 20.3. The third-order valence-electron chi connectivity index (χ3n) is 14.8. The average Bonchev–Trinajstić information content (AvgIpc) is 3.55. The minimum atomic E-state index is -1.01. The van der Waals surface area contributed by atoms with Gasteiger partial charge in [0.25, 0.3) is 17.7 Å². The van der Waals surface area contributed by atoms with Gasteiger partial charge in [-0.1, -0.05) is 27.7 Å². The number of anilines is 2. The molecule has 16 heteroatoms. The van der Waals surface area contributed by atoms with Crippen molar-refractivity contribution in [2.24, 2.45) is 16.7 Å². The van der Waals surface area contributed by atoms with Gasteiger partial charge in [0.15, 0.2) is 0 Å². The predicted octanol–water partition coefficient (Wildman–Crippen LogP) is 5.23. The summed E-state index contributed by atoms with van der Waals surface area (Å²) >= 11 is 0. The molecule has 4 aromatic rings. The van der Waals surface area contributed by atoms with Gasteiger partial charge in [0, 0.05) is 98.0 Å². The number of likely N-dealkylation sites (N-methyl/N-ethyl adjacent to an activating group) is 1. The molecule has 3 saturated heterocycles. The number of hydrogen-bond donors (Lipinski definition) is 2. The van der Waals surface area contributed by atoms with Gasteiger partial charge in [-0.3, -0.25) is 44.1 Å². The molecule has 1 aromatic heterocycles. The third kappa shape index (κ3) is 8.37. The van der Waals surface area contributed by atoms with Gasteiger partial charge < -0.3 is 24.8 Å². The predicted molar refractivity (Wildman–Crippen MR) is 250 cm³/mol. The molecule has 1 saturated carbocycles. The van der Waals surface area contributed by atoms with Crippen molar-refractivity contribution < 1.29 is 33.1 Å². The fraction of sp³-hybridized carbons (Fsp3) is 0.471. The van der Waals surface area contributed by atoms with Crippen LogP contribution < -0.4 is 25.2 Å². The molecule has 0 bridgehead atoms. The topological polar surface area (TPSA) is 172 Å². The van der Waals surface area contributed by atoms with Crippen LogP contribution in [0.5, 0.6) is 5.75 Å². The van der Waals surface area contributed by atoms with Crippen LogP contribution in [0, 0.1) is 33.9 Å². The molecule has 9 rings (SSSR count). The van der Waals surface area contributed by atoms with Crippen LogP contribution in [0.3, 0.4) is 0 Å². The molecule has 0 spiro atoms. The molecule has 5 heterocycles. The summed E-state index contributed by atoms with van der Waals surface area (Å²) in [5.41, 5.74) is 2.25. The number of piperidine rings is 2. The molecule has 2 atom stereocenters. The van der Waals surface area contributed by atoms with Crippen LogP contribution >= 0.6 is 0 Å². The van der Waals surface area contributed by atoms with Crippen molar-refractivity contribution in [2.75, 3.05) is 69.7 Å². The van der Waals surface area contributed by atoms with E-state index in [0.717, 1.165) is 61.5 Å². The minimum absolute atomic E-state index is 0.0681. The van der Waals surface area contributed by atoms with Crippen molar-refractivity contribution in [3.8, 4) is 11.8 Å². The van der Waals surface area contributed by atoms with Crippen LogP contribution in [0.2, 0.25) is 0 Å². The maximum absolute atomic E-state index is 15.9. The summed E-state index contributed by atoms with van der Waals surface area (Å²) < 4.78 is 22.6. The first-order valence-electron chi connectivity index (χ1n) is 23.3. The number of aromatic nitrogens is 1. The maximum Gasteiger partial charge on any atom is 0.262 e. The summed E-state index contributed by atoms with van der Waals surface area (Å²) in [6.45, 7) is 13.6. The van der Waals surface area contributed by atoms with Crippen molar-refractivity contribution >= 4 is 51.8 Å². The molecule has 67 heavy (non-hydrogen) atoms. The second kappa shape index (κ2) is 17.7. The average molecular weight is 912 g/mol. The van der Waals surface area contributed by atoms with Crippen LogP contribution in [0.4, 0.5) is 15.8 Å².